The van der Waals surface area contributed by atoms with Crippen LogP contribution < -0.4 is 16.0 Å². The lowest BCUT2D eigenvalue weighted by Gasteiger charge is -2.26. The van der Waals surface area contributed by atoms with Gasteiger partial charge in [0.2, 0.25) is 0 Å². The highest BCUT2D eigenvalue weighted by molar-refractivity contribution is 5.79. The number of furan rings is 1. The molecule has 3 N–H and O–H groups in total. The van der Waals surface area contributed by atoms with Crippen LogP contribution in [-0.2, 0) is 11.3 Å². The van der Waals surface area contributed by atoms with Crippen molar-refractivity contribution < 1.29 is 9.15 Å². The zero-order valence-corrected chi connectivity index (χ0v) is 17.5. The predicted molar refractivity (Wildman–Crippen MR) is 117 cm³/mol. The summed E-state index contributed by atoms with van der Waals surface area (Å²) < 4.78 is 10.8. The summed E-state index contributed by atoms with van der Waals surface area (Å²) in [7, 11) is 3.51. The van der Waals surface area contributed by atoms with Crippen LogP contribution in [-0.4, -0.2) is 57.8 Å². The van der Waals surface area contributed by atoms with E-state index in [0.29, 0.717) is 13.2 Å². The number of nitrogens with one attached hydrogen (secondary N) is 3. The van der Waals surface area contributed by atoms with Gasteiger partial charge in [0.15, 0.2) is 5.96 Å². The number of nitrogens with zero attached hydrogens (tertiary/aromatic N) is 2. The first kappa shape index (κ1) is 21.2. The van der Waals surface area contributed by atoms with E-state index >= 15 is 0 Å². The Morgan fingerprint density at radius 1 is 1.17 bits per heavy atom. The molecule has 1 aliphatic heterocycles. The molecule has 0 radical (unpaired) electrons. The smallest absolute Gasteiger partial charge is 0.191 e. The largest absolute Gasteiger partial charge is 0.468 e. The van der Waals surface area contributed by atoms with Gasteiger partial charge < -0.3 is 25.1 Å². The van der Waals surface area contributed by atoms with Crippen LogP contribution in [0.5, 0.6) is 0 Å². The summed E-state index contributed by atoms with van der Waals surface area (Å²) in [6.45, 7) is 5.20. The zero-order valence-electron chi connectivity index (χ0n) is 17.5. The SMILES string of the molecule is CN=C(NCc1ccc(NCCOC)cc1)NCC(c1ccco1)N1CCCC1. The monoisotopic (exact) mass is 399 g/mol. The van der Waals surface area contributed by atoms with Crippen LogP contribution in [0.4, 0.5) is 5.69 Å². The maximum atomic E-state index is 5.69. The van der Waals surface area contributed by atoms with Crippen molar-refractivity contribution in [1.82, 2.24) is 15.5 Å². The second-order valence-electron chi connectivity index (χ2n) is 7.20. The highest BCUT2D eigenvalue weighted by atomic mass is 16.5. The van der Waals surface area contributed by atoms with Crippen molar-refractivity contribution in [3.05, 3.63) is 54.0 Å². The summed E-state index contributed by atoms with van der Waals surface area (Å²) in [6, 6.07) is 12.6. The lowest BCUT2D eigenvalue weighted by atomic mass is 10.2. The predicted octanol–water partition coefficient (Wildman–Crippen LogP) is 2.84. The molecule has 7 heteroatoms. The van der Waals surface area contributed by atoms with E-state index in [-0.39, 0.29) is 6.04 Å². The van der Waals surface area contributed by atoms with Gasteiger partial charge in [-0.15, -0.1) is 0 Å². The Hall–Kier alpha value is -2.51. The van der Waals surface area contributed by atoms with Gasteiger partial charge in [-0.25, -0.2) is 0 Å². The fraction of sp³-hybridized carbons (Fsp3) is 0.500. The molecule has 1 unspecified atom stereocenters. The first-order valence-corrected chi connectivity index (χ1v) is 10.3. The second-order valence-corrected chi connectivity index (χ2v) is 7.20. The lowest BCUT2D eigenvalue weighted by Crippen LogP contribution is -2.42. The van der Waals surface area contributed by atoms with Gasteiger partial charge in [0, 0.05) is 39.5 Å². The molecule has 29 heavy (non-hydrogen) atoms. The summed E-state index contributed by atoms with van der Waals surface area (Å²) in [6.07, 6.45) is 4.25. The van der Waals surface area contributed by atoms with E-state index in [2.05, 4.69) is 56.2 Å². The lowest BCUT2D eigenvalue weighted by molar-refractivity contribution is 0.211. The van der Waals surface area contributed by atoms with Crippen LogP contribution in [0.25, 0.3) is 0 Å². The number of aliphatic imine (C=N–C) groups is 1. The van der Waals surface area contributed by atoms with Crippen molar-refractivity contribution in [2.75, 3.05) is 52.3 Å². The van der Waals surface area contributed by atoms with Crippen LogP contribution in [0, 0.1) is 0 Å². The molecule has 1 fully saturated rings. The molecule has 0 aliphatic carbocycles. The molecule has 1 saturated heterocycles. The molecule has 0 spiro atoms. The highest BCUT2D eigenvalue weighted by Gasteiger charge is 2.25. The molecule has 1 atom stereocenters. The topological polar surface area (TPSA) is 74.1 Å². The number of methoxy groups -OCH3 is 1. The number of likely N-dealkylation sites (tertiary alicyclic amines) is 1. The van der Waals surface area contributed by atoms with Gasteiger partial charge in [0.25, 0.3) is 0 Å². The van der Waals surface area contributed by atoms with Crippen molar-refractivity contribution in [2.24, 2.45) is 4.99 Å². The molecular weight excluding hydrogens is 366 g/mol. The normalized spacial score (nSPS) is 16.0. The Morgan fingerprint density at radius 2 is 1.97 bits per heavy atom. The van der Waals surface area contributed by atoms with E-state index in [1.165, 1.54) is 18.4 Å². The molecule has 1 aromatic carbocycles. The standard InChI is InChI=1S/C22H33N5O2/c1-23-22(25-16-18-7-9-19(10-8-18)24-11-15-28-2)26-17-20(21-6-5-14-29-21)27-12-3-4-13-27/h5-10,14,20,24H,3-4,11-13,15-17H2,1-2H3,(H2,23,25,26). The fourth-order valence-electron chi connectivity index (χ4n) is 3.58. The number of hydrogen-bond acceptors (Lipinski definition) is 5. The number of rotatable bonds is 10. The Balaban J connectivity index is 1.48. The van der Waals surface area contributed by atoms with E-state index in [0.717, 1.165) is 43.6 Å². The van der Waals surface area contributed by atoms with Crippen molar-refractivity contribution in [3.63, 3.8) is 0 Å². The molecule has 7 nitrogen and oxygen atoms in total. The second kappa shape index (κ2) is 11.5. The minimum Gasteiger partial charge on any atom is -0.468 e. The molecule has 0 amide bonds. The maximum absolute atomic E-state index is 5.69. The highest BCUT2D eigenvalue weighted by Crippen LogP contribution is 2.24. The van der Waals surface area contributed by atoms with Gasteiger partial charge in [0.05, 0.1) is 18.9 Å². The third kappa shape index (κ3) is 6.51. The third-order valence-corrected chi connectivity index (χ3v) is 5.19. The van der Waals surface area contributed by atoms with Crippen LogP contribution in [0.2, 0.25) is 0 Å². The Kier molecular flexibility index (Phi) is 8.40. The number of hydrogen-bond donors (Lipinski definition) is 3. The quantitative estimate of drug-likeness (QED) is 0.324. The number of anilines is 1. The number of benzene rings is 1. The van der Waals surface area contributed by atoms with Crippen LogP contribution in [0.3, 0.4) is 0 Å². The summed E-state index contributed by atoms with van der Waals surface area (Å²) in [5.74, 6) is 1.80. The van der Waals surface area contributed by atoms with Gasteiger partial charge in [0.1, 0.15) is 5.76 Å². The van der Waals surface area contributed by atoms with Crippen molar-refractivity contribution in [3.8, 4) is 0 Å². The summed E-state index contributed by atoms with van der Waals surface area (Å²) >= 11 is 0. The fourth-order valence-corrected chi connectivity index (χ4v) is 3.58. The average molecular weight is 400 g/mol. The van der Waals surface area contributed by atoms with Crippen molar-refractivity contribution in [1.29, 1.82) is 0 Å². The van der Waals surface area contributed by atoms with E-state index in [1.807, 2.05) is 6.07 Å². The van der Waals surface area contributed by atoms with Gasteiger partial charge in [-0.2, -0.15) is 0 Å². The number of ether oxygens (including phenoxy) is 1. The molecule has 1 aromatic heterocycles. The number of guanidine groups is 1. The van der Waals surface area contributed by atoms with E-state index < -0.39 is 0 Å². The molecule has 3 rings (SSSR count). The summed E-state index contributed by atoms with van der Waals surface area (Å²) in [5, 5.41) is 10.2. The van der Waals surface area contributed by atoms with Gasteiger partial charge in [-0.3, -0.25) is 9.89 Å². The zero-order chi connectivity index (χ0) is 20.3. The maximum Gasteiger partial charge on any atom is 0.191 e. The molecule has 0 saturated carbocycles. The summed E-state index contributed by atoms with van der Waals surface area (Å²) in [5.41, 5.74) is 2.30. The van der Waals surface area contributed by atoms with Crippen LogP contribution in [0.15, 0.2) is 52.1 Å². The molecule has 1 aliphatic rings. The van der Waals surface area contributed by atoms with E-state index in [9.17, 15) is 0 Å². The van der Waals surface area contributed by atoms with Gasteiger partial charge in [-0.05, 0) is 55.8 Å². The Bertz CT molecular complexity index is 724. The minimum absolute atomic E-state index is 0.225. The molecular formula is C22H33N5O2. The van der Waals surface area contributed by atoms with Crippen molar-refractivity contribution in [2.45, 2.75) is 25.4 Å². The first-order chi connectivity index (χ1) is 14.3. The van der Waals surface area contributed by atoms with Gasteiger partial charge in [-0.1, -0.05) is 12.1 Å². The average Bonchev–Trinajstić information content (AvgIpc) is 3.46. The molecule has 2 heterocycles. The third-order valence-electron chi connectivity index (χ3n) is 5.19. The van der Waals surface area contributed by atoms with E-state index in [4.69, 9.17) is 9.15 Å². The van der Waals surface area contributed by atoms with Gasteiger partial charge >= 0.3 is 0 Å². The minimum atomic E-state index is 0.225. The van der Waals surface area contributed by atoms with Crippen LogP contribution >= 0.6 is 0 Å². The Labute approximate surface area is 173 Å². The van der Waals surface area contributed by atoms with E-state index in [1.54, 1.807) is 20.4 Å². The Morgan fingerprint density at radius 3 is 2.62 bits per heavy atom. The summed E-state index contributed by atoms with van der Waals surface area (Å²) in [4.78, 5) is 6.85. The molecule has 0 bridgehead atoms. The molecule has 2 aromatic rings. The van der Waals surface area contributed by atoms with Crippen LogP contribution in [0.1, 0.15) is 30.2 Å². The molecule has 158 valence electrons. The first-order valence-electron chi connectivity index (χ1n) is 10.3. The van der Waals surface area contributed by atoms with Crippen molar-refractivity contribution >= 4 is 11.6 Å².